The topological polar surface area (TPSA) is 186 Å². The molecule has 0 radical (unpaired) electrons. The van der Waals surface area contributed by atoms with Crippen LogP contribution in [0.2, 0.25) is 0 Å². The number of aromatic hydroxyl groups is 7. The van der Waals surface area contributed by atoms with E-state index in [0.717, 1.165) is 24.3 Å². The number of hydrogen-bond acceptors (Lipinski definition) is 11. The summed E-state index contributed by atoms with van der Waals surface area (Å²) in [5.74, 6) is -5.04. The van der Waals surface area contributed by atoms with Crippen LogP contribution in [0.25, 0.3) is 0 Å². The minimum Gasteiger partial charge on any atom is -0.507 e. The van der Waals surface area contributed by atoms with Crippen molar-refractivity contribution in [2.45, 2.75) is 18.6 Å². The van der Waals surface area contributed by atoms with E-state index in [1.165, 1.54) is 19.2 Å². The van der Waals surface area contributed by atoms with Crippen LogP contribution in [0, 0.1) is 0 Å². The quantitative estimate of drug-likeness (QED) is 0.218. The average molecular weight is 472 g/mol. The molecular formula is C23H20O11. The molecular weight excluding hydrogens is 452 g/mol. The highest BCUT2D eigenvalue weighted by atomic mass is 16.6. The van der Waals surface area contributed by atoms with Crippen LogP contribution >= 0.6 is 0 Å². The van der Waals surface area contributed by atoms with Crippen molar-refractivity contribution in [2.24, 2.45) is 0 Å². The van der Waals surface area contributed by atoms with Gasteiger partial charge in [0, 0.05) is 29.7 Å². The summed E-state index contributed by atoms with van der Waals surface area (Å²) >= 11 is 0. The molecule has 0 aromatic heterocycles. The SMILES string of the molecule is COc1cc(O)c2c(c1)OC(c1cc(O)c(O)c(O)c1)C(OC(=O)c1cc(O)c(O)c(O)c1)C2. The Morgan fingerprint density at radius 3 is 1.94 bits per heavy atom. The molecule has 0 aliphatic carbocycles. The van der Waals surface area contributed by atoms with E-state index in [1.54, 1.807) is 0 Å². The van der Waals surface area contributed by atoms with Crippen molar-refractivity contribution < 1.29 is 54.8 Å². The molecule has 1 aliphatic heterocycles. The zero-order valence-corrected chi connectivity index (χ0v) is 17.6. The molecule has 2 atom stereocenters. The number of phenolic OH excluding ortho intramolecular Hbond substituents is 7. The maximum Gasteiger partial charge on any atom is 0.338 e. The highest BCUT2D eigenvalue weighted by Gasteiger charge is 2.37. The molecule has 0 saturated heterocycles. The summed E-state index contributed by atoms with van der Waals surface area (Å²) in [6, 6.07) is 6.86. The normalized spacial score (nSPS) is 16.9. The average Bonchev–Trinajstić information content (AvgIpc) is 2.80. The van der Waals surface area contributed by atoms with Crippen LogP contribution in [-0.4, -0.2) is 54.9 Å². The first kappa shape index (κ1) is 22.5. The molecule has 0 spiro atoms. The minimum atomic E-state index is -1.14. The van der Waals surface area contributed by atoms with Gasteiger partial charge >= 0.3 is 5.97 Å². The summed E-state index contributed by atoms with van der Waals surface area (Å²) in [5.41, 5.74) is 0.140. The van der Waals surface area contributed by atoms with Crippen molar-refractivity contribution in [3.05, 3.63) is 53.1 Å². The van der Waals surface area contributed by atoms with Crippen LogP contribution in [0.5, 0.6) is 51.7 Å². The van der Waals surface area contributed by atoms with Crippen molar-refractivity contribution in [3.63, 3.8) is 0 Å². The summed E-state index contributed by atoms with van der Waals surface area (Å²) in [4.78, 5) is 12.8. The van der Waals surface area contributed by atoms with Crippen molar-refractivity contribution >= 4 is 5.97 Å². The number of phenols is 7. The number of rotatable bonds is 4. The first-order chi connectivity index (χ1) is 16.1. The van der Waals surface area contributed by atoms with E-state index in [0.29, 0.717) is 5.56 Å². The second kappa shape index (κ2) is 8.35. The fourth-order valence-electron chi connectivity index (χ4n) is 3.66. The van der Waals surface area contributed by atoms with Crippen LogP contribution in [-0.2, 0) is 11.2 Å². The molecule has 0 amide bonds. The Bertz CT molecular complexity index is 1240. The first-order valence-corrected chi connectivity index (χ1v) is 9.86. The van der Waals surface area contributed by atoms with E-state index in [9.17, 15) is 40.5 Å². The Balaban J connectivity index is 1.75. The van der Waals surface area contributed by atoms with Gasteiger partial charge in [-0.15, -0.1) is 0 Å². The number of methoxy groups -OCH3 is 1. The van der Waals surface area contributed by atoms with Crippen LogP contribution in [0.4, 0.5) is 0 Å². The number of carbonyl (C=O) groups excluding carboxylic acids is 1. The molecule has 0 saturated carbocycles. The second-order valence-electron chi connectivity index (χ2n) is 7.58. The van der Waals surface area contributed by atoms with Gasteiger partial charge in [0.1, 0.15) is 23.4 Å². The Hall–Kier alpha value is -4.67. The Kier molecular flexibility index (Phi) is 5.53. The maximum atomic E-state index is 12.8. The van der Waals surface area contributed by atoms with E-state index in [-0.39, 0.29) is 34.8 Å². The molecule has 1 heterocycles. The number of hydrogen-bond donors (Lipinski definition) is 7. The first-order valence-electron chi connectivity index (χ1n) is 9.86. The molecule has 3 aromatic rings. The Morgan fingerprint density at radius 1 is 0.824 bits per heavy atom. The molecule has 0 bridgehead atoms. The Morgan fingerprint density at radius 2 is 1.38 bits per heavy atom. The van der Waals surface area contributed by atoms with Crippen LogP contribution < -0.4 is 9.47 Å². The lowest BCUT2D eigenvalue weighted by atomic mass is 9.93. The summed E-state index contributed by atoms with van der Waals surface area (Å²) in [7, 11) is 1.39. The van der Waals surface area contributed by atoms with Gasteiger partial charge in [-0.1, -0.05) is 0 Å². The van der Waals surface area contributed by atoms with E-state index >= 15 is 0 Å². The highest BCUT2D eigenvalue weighted by molar-refractivity contribution is 5.91. The fraction of sp³-hybridized carbons (Fsp3) is 0.174. The van der Waals surface area contributed by atoms with Crippen LogP contribution in [0.15, 0.2) is 36.4 Å². The van der Waals surface area contributed by atoms with Gasteiger partial charge in [0.25, 0.3) is 0 Å². The number of carbonyl (C=O) groups is 1. The molecule has 3 aromatic carbocycles. The minimum absolute atomic E-state index is 0.0694. The number of benzene rings is 3. The lowest BCUT2D eigenvalue weighted by Crippen LogP contribution is -2.34. The molecule has 11 heteroatoms. The van der Waals surface area contributed by atoms with Crippen molar-refractivity contribution in [2.75, 3.05) is 7.11 Å². The predicted octanol–water partition coefficient (Wildman–Crippen LogP) is 2.54. The van der Waals surface area contributed by atoms with Gasteiger partial charge in [0.15, 0.2) is 40.6 Å². The van der Waals surface area contributed by atoms with Crippen molar-refractivity contribution in [1.82, 2.24) is 0 Å². The molecule has 0 fully saturated rings. The maximum absolute atomic E-state index is 12.8. The van der Waals surface area contributed by atoms with E-state index < -0.39 is 52.7 Å². The Labute approximate surface area is 191 Å². The molecule has 7 N–H and O–H groups in total. The predicted molar refractivity (Wildman–Crippen MR) is 114 cm³/mol. The smallest absolute Gasteiger partial charge is 0.338 e. The van der Waals surface area contributed by atoms with Gasteiger partial charge in [-0.25, -0.2) is 4.79 Å². The highest BCUT2D eigenvalue weighted by Crippen LogP contribution is 2.46. The van der Waals surface area contributed by atoms with Gasteiger partial charge in [0.2, 0.25) is 0 Å². The van der Waals surface area contributed by atoms with E-state index in [4.69, 9.17) is 14.2 Å². The lowest BCUT2D eigenvalue weighted by Gasteiger charge is -2.34. The molecule has 1 aliphatic rings. The van der Waals surface area contributed by atoms with Crippen LogP contribution in [0.3, 0.4) is 0 Å². The van der Waals surface area contributed by atoms with E-state index in [2.05, 4.69) is 0 Å². The van der Waals surface area contributed by atoms with E-state index in [1.807, 2.05) is 0 Å². The monoisotopic (exact) mass is 472 g/mol. The zero-order valence-electron chi connectivity index (χ0n) is 17.6. The third-order valence-corrected chi connectivity index (χ3v) is 5.38. The zero-order chi connectivity index (χ0) is 24.7. The number of fused-ring (bicyclic) bond motifs is 1. The fourth-order valence-corrected chi connectivity index (χ4v) is 3.66. The third kappa shape index (κ3) is 3.94. The third-order valence-electron chi connectivity index (χ3n) is 5.38. The molecule has 4 rings (SSSR count). The summed E-state index contributed by atoms with van der Waals surface area (Å²) in [5, 5.41) is 68.9. The molecule has 178 valence electrons. The van der Waals surface area contributed by atoms with Gasteiger partial charge in [-0.05, 0) is 24.3 Å². The van der Waals surface area contributed by atoms with Crippen LogP contribution in [0.1, 0.15) is 27.6 Å². The van der Waals surface area contributed by atoms with Gasteiger partial charge in [-0.3, -0.25) is 0 Å². The molecule has 11 nitrogen and oxygen atoms in total. The van der Waals surface area contributed by atoms with Crippen molar-refractivity contribution in [3.8, 4) is 51.7 Å². The number of ether oxygens (including phenoxy) is 3. The summed E-state index contributed by atoms with van der Waals surface area (Å²) in [6.45, 7) is 0. The summed E-state index contributed by atoms with van der Waals surface area (Å²) in [6.07, 6.45) is -2.33. The van der Waals surface area contributed by atoms with Crippen molar-refractivity contribution in [1.29, 1.82) is 0 Å². The molecule has 2 unspecified atom stereocenters. The molecule has 34 heavy (non-hydrogen) atoms. The standard InChI is InChI=1S/C23H20O11/c1-32-11-6-13(24)12-8-19(34-23(31)10-4-16(27)21(30)17(28)5-10)22(33-18(12)7-11)9-2-14(25)20(29)15(26)3-9/h2-7,19,22,24-30H,8H2,1H3. The second-order valence-corrected chi connectivity index (χ2v) is 7.58. The van der Waals surface area contributed by atoms with Gasteiger partial charge in [0.05, 0.1) is 12.7 Å². The lowest BCUT2D eigenvalue weighted by molar-refractivity contribution is -0.0189. The number of esters is 1. The summed E-state index contributed by atoms with van der Waals surface area (Å²) < 4.78 is 16.6. The van der Waals surface area contributed by atoms with Gasteiger partial charge < -0.3 is 50.0 Å². The van der Waals surface area contributed by atoms with Gasteiger partial charge in [-0.2, -0.15) is 0 Å². The largest absolute Gasteiger partial charge is 0.507 e.